The van der Waals surface area contributed by atoms with E-state index in [9.17, 15) is 4.79 Å². The maximum absolute atomic E-state index is 11.2. The molecule has 0 aliphatic heterocycles. The van der Waals surface area contributed by atoms with Crippen molar-refractivity contribution in [3.63, 3.8) is 0 Å². The molecule has 0 radical (unpaired) electrons. The molecule has 0 aromatic heterocycles. The molecule has 10 heavy (non-hydrogen) atoms. The van der Waals surface area contributed by atoms with Crippen LogP contribution >= 0.6 is 0 Å². The van der Waals surface area contributed by atoms with Crippen molar-refractivity contribution in [3.05, 3.63) is 0 Å². The number of rotatable bonds is 1. The van der Waals surface area contributed by atoms with Crippen molar-refractivity contribution < 1.29 is 9.90 Å². The van der Waals surface area contributed by atoms with Crippen LogP contribution in [0.2, 0.25) is 0 Å². The number of aliphatic hydroxyl groups excluding tert-OH is 1. The molecule has 0 bridgehead atoms. The predicted molar refractivity (Wildman–Crippen MR) is 36.4 cm³/mol. The van der Waals surface area contributed by atoms with Crippen LogP contribution in [0.15, 0.2) is 0 Å². The van der Waals surface area contributed by atoms with Crippen molar-refractivity contribution in [2.45, 2.75) is 19.8 Å². The van der Waals surface area contributed by atoms with Gasteiger partial charge in [0.2, 0.25) is 0 Å². The van der Waals surface area contributed by atoms with Gasteiger partial charge in [0.15, 0.2) is 0 Å². The Kier molecular flexibility index (Phi) is 1.03. The van der Waals surface area contributed by atoms with Gasteiger partial charge in [-0.1, -0.05) is 6.92 Å². The number of carbonyl (C=O) groups excluding carboxylic acids is 1. The third kappa shape index (κ3) is 0.511. The summed E-state index contributed by atoms with van der Waals surface area (Å²) in [6.07, 6.45) is 1.65. The molecule has 2 aliphatic rings. The third-order valence-corrected chi connectivity index (χ3v) is 3.17. The van der Waals surface area contributed by atoms with E-state index in [1.165, 1.54) is 0 Å². The molecule has 3 unspecified atom stereocenters. The van der Waals surface area contributed by atoms with Crippen LogP contribution in [0.4, 0.5) is 0 Å². The van der Waals surface area contributed by atoms with E-state index < -0.39 is 0 Å². The van der Waals surface area contributed by atoms with Gasteiger partial charge in [-0.15, -0.1) is 0 Å². The largest absolute Gasteiger partial charge is 0.395 e. The van der Waals surface area contributed by atoms with E-state index in [0.29, 0.717) is 24.0 Å². The lowest BCUT2D eigenvalue weighted by atomic mass is 10.0. The lowest BCUT2D eigenvalue weighted by molar-refractivity contribution is -0.124. The quantitative estimate of drug-likeness (QED) is 0.579. The Bertz CT molecular complexity index is 188. The molecule has 2 heteroatoms. The number of fused-ring (bicyclic) bond motifs is 1. The predicted octanol–water partition coefficient (Wildman–Crippen LogP) is 0.594. The monoisotopic (exact) mass is 140 g/mol. The number of aliphatic hydroxyl groups is 1. The summed E-state index contributed by atoms with van der Waals surface area (Å²) in [5, 5.41) is 8.93. The molecular weight excluding hydrogens is 128 g/mol. The minimum absolute atomic E-state index is 0.0842. The van der Waals surface area contributed by atoms with Crippen LogP contribution in [0.3, 0.4) is 0 Å². The molecule has 2 saturated carbocycles. The standard InChI is InChI=1S/C8H12O2/c1-5-2-7(10)8(4-9)3-6(5)8/h5-6,9H,2-4H2,1H3. The maximum atomic E-state index is 11.2. The highest BCUT2D eigenvalue weighted by atomic mass is 16.3. The molecule has 0 spiro atoms. The molecule has 0 aromatic rings. The number of hydrogen-bond acceptors (Lipinski definition) is 2. The first-order chi connectivity index (χ1) is 4.70. The van der Waals surface area contributed by atoms with E-state index in [2.05, 4.69) is 6.92 Å². The second kappa shape index (κ2) is 1.62. The molecule has 0 aromatic carbocycles. The fourth-order valence-electron chi connectivity index (χ4n) is 2.31. The van der Waals surface area contributed by atoms with Crippen LogP contribution in [0.5, 0.6) is 0 Å². The van der Waals surface area contributed by atoms with Crippen LogP contribution in [-0.4, -0.2) is 17.5 Å². The van der Waals surface area contributed by atoms with Crippen molar-refractivity contribution in [2.24, 2.45) is 17.3 Å². The highest BCUT2D eigenvalue weighted by Gasteiger charge is 2.65. The van der Waals surface area contributed by atoms with Crippen molar-refractivity contribution >= 4 is 5.78 Å². The van der Waals surface area contributed by atoms with E-state index in [1.807, 2.05) is 0 Å². The van der Waals surface area contributed by atoms with Crippen molar-refractivity contribution in [1.82, 2.24) is 0 Å². The second-order valence-corrected chi connectivity index (χ2v) is 3.73. The Morgan fingerprint density at radius 3 is 2.70 bits per heavy atom. The fourth-order valence-corrected chi connectivity index (χ4v) is 2.31. The van der Waals surface area contributed by atoms with E-state index in [1.54, 1.807) is 0 Å². The van der Waals surface area contributed by atoms with Gasteiger partial charge in [-0.05, 0) is 18.3 Å². The van der Waals surface area contributed by atoms with E-state index in [-0.39, 0.29) is 12.0 Å². The second-order valence-electron chi connectivity index (χ2n) is 3.73. The van der Waals surface area contributed by atoms with Crippen molar-refractivity contribution in [2.75, 3.05) is 6.61 Å². The zero-order chi connectivity index (χ0) is 7.35. The summed E-state index contributed by atoms with van der Waals surface area (Å²) in [4.78, 5) is 11.2. The Labute approximate surface area is 60.2 Å². The van der Waals surface area contributed by atoms with Crippen molar-refractivity contribution in [1.29, 1.82) is 0 Å². The zero-order valence-electron chi connectivity index (χ0n) is 6.13. The zero-order valence-corrected chi connectivity index (χ0v) is 6.13. The molecule has 2 fully saturated rings. The van der Waals surface area contributed by atoms with E-state index in [4.69, 9.17) is 5.11 Å². The highest BCUT2D eigenvalue weighted by molar-refractivity contribution is 5.91. The molecule has 2 nitrogen and oxygen atoms in total. The first kappa shape index (κ1) is 6.35. The molecule has 2 aliphatic carbocycles. The van der Waals surface area contributed by atoms with Gasteiger partial charge >= 0.3 is 0 Å². The number of hydrogen-bond donors (Lipinski definition) is 1. The summed E-state index contributed by atoms with van der Waals surface area (Å²) in [5.74, 6) is 1.34. The first-order valence-electron chi connectivity index (χ1n) is 3.85. The lowest BCUT2D eigenvalue weighted by Crippen LogP contribution is -2.16. The molecule has 3 atom stereocenters. The molecule has 56 valence electrons. The minimum atomic E-state index is -0.251. The Hall–Kier alpha value is -0.370. The Morgan fingerprint density at radius 1 is 1.80 bits per heavy atom. The summed E-state index contributed by atoms with van der Waals surface area (Å²) in [6.45, 7) is 2.19. The topological polar surface area (TPSA) is 37.3 Å². The molecule has 0 amide bonds. The van der Waals surface area contributed by atoms with Crippen molar-refractivity contribution in [3.8, 4) is 0 Å². The average molecular weight is 140 g/mol. The molecule has 0 saturated heterocycles. The number of carbonyl (C=O) groups is 1. The molecular formula is C8H12O2. The fraction of sp³-hybridized carbons (Fsp3) is 0.875. The van der Waals surface area contributed by atoms with E-state index >= 15 is 0 Å². The van der Waals surface area contributed by atoms with Gasteiger partial charge in [0.25, 0.3) is 0 Å². The van der Waals surface area contributed by atoms with Gasteiger partial charge < -0.3 is 5.11 Å². The maximum Gasteiger partial charge on any atom is 0.141 e. The van der Waals surface area contributed by atoms with Crippen LogP contribution in [0, 0.1) is 17.3 Å². The summed E-state index contributed by atoms with van der Waals surface area (Å²) in [5.41, 5.74) is -0.251. The first-order valence-corrected chi connectivity index (χ1v) is 3.85. The number of ketones is 1. The Balaban J connectivity index is 2.23. The summed E-state index contributed by atoms with van der Waals surface area (Å²) < 4.78 is 0. The molecule has 2 rings (SSSR count). The van der Waals surface area contributed by atoms with E-state index in [0.717, 1.165) is 6.42 Å². The molecule has 1 N–H and O–H groups in total. The van der Waals surface area contributed by atoms with Gasteiger partial charge in [0.05, 0.1) is 12.0 Å². The minimum Gasteiger partial charge on any atom is -0.395 e. The summed E-state index contributed by atoms with van der Waals surface area (Å²) in [7, 11) is 0. The van der Waals surface area contributed by atoms with Gasteiger partial charge in [0.1, 0.15) is 5.78 Å². The smallest absolute Gasteiger partial charge is 0.141 e. The highest BCUT2D eigenvalue weighted by Crippen LogP contribution is 2.63. The molecule has 0 heterocycles. The summed E-state index contributed by atoms with van der Waals surface area (Å²) >= 11 is 0. The van der Waals surface area contributed by atoms with Crippen LogP contribution in [0.1, 0.15) is 19.8 Å². The Morgan fingerprint density at radius 2 is 2.50 bits per heavy atom. The van der Waals surface area contributed by atoms with Crippen LogP contribution in [-0.2, 0) is 4.79 Å². The van der Waals surface area contributed by atoms with Gasteiger partial charge in [-0.3, -0.25) is 4.79 Å². The van der Waals surface area contributed by atoms with Gasteiger partial charge in [-0.25, -0.2) is 0 Å². The van der Waals surface area contributed by atoms with Crippen LogP contribution in [0.25, 0.3) is 0 Å². The van der Waals surface area contributed by atoms with Gasteiger partial charge in [0, 0.05) is 6.42 Å². The normalized spacial score (nSPS) is 51.2. The number of Topliss-reactive ketones (excluding diaryl/α,β-unsaturated/α-hetero) is 1. The summed E-state index contributed by atoms with van der Waals surface area (Å²) in [6, 6.07) is 0. The SMILES string of the molecule is CC1CC(=O)C2(CO)CC12. The van der Waals surface area contributed by atoms with Crippen LogP contribution < -0.4 is 0 Å². The average Bonchev–Trinajstić information content (AvgIpc) is 2.57. The lowest BCUT2D eigenvalue weighted by Gasteiger charge is -2.02. The third-order valence-electron chi connectivity index (χ3n) is 3.17. The van der Waals surface area contributed by atoms with Gasteiger partial charge in [-0.2, -0.15) is 0 Å².